The number of carbonyl (C=O) groups is 1. The van der Waals surface area contributed by atoms with Gasteiger partial charge in [0.2, 0.25) is 5.91 Å². The molecule has 3 aliphatic rings. The maximum absolute atomic E-state index is 14.8. The number of nitriles is 1. The first kappa shape index (κ1) is 22.9. The molecule has 2 aliphatic heterocycles. The summed E-state index contributed by atoms with van der Waals surface area (Å²) < 4.78 is 14.8. The number of hydrogen-bond donors (Lipinski definition) is 1. The summed E-state index contributed by atoms with van der Waals surface area (Å²) in [4.78, 5) is 17.7. The van der Waals surface area contributed by atoms with E-state index in [-0.39, 0.29) is 23.7 Å². The Hall–Kier alpha value is -2.91. The predicted octanol–water partition coefficient (Wildman–Crippen LogP) is 4.25. The molecule has 1 N–H and O–H groups in total. The second-order valence-electron chi connectivity index (χ2n) is 10.2. The van der Waals surface area contributed by atoms with Crippen molar-refractivity contribution < 1.29 is 14.3 Å². The van der Waals surface area contributed by atoms with E-state index in [0.29, 0.717) is 37.9 Å². The van der Waals surface area contributed by atoms with Crippen LogP contribution >= 0.6 is 0 Å². The Kier molecular flexibility index (Phi) is 6.31. The van der Waals surface area contributed by atoms with Crippen molar-refractivity contribution in [2.24, 2.45) is 17.8 Å². The highest BCUT2D eigenvalue weighted by atomic mass is 19.1. The van der Waals surface area contributed by atoms with Gasteiger partial charge >= 0.3 is 0 Å². The Morgan fingerprint density at radius 3 is 2.62 bits per heavy atom. The third kappa shape index (κ3) is 4.18. The lowest BCUT2D eigenvalue weighted by Gasteiger charge is -2.44. The van der Waals surface area contributed by atoms with Gasteiger partial charge in [0, 0.05) is 49.8 Å². The molecule has 1 amide bonds. The molecule has 0 bridgehead atoms. The van der Waals surface area contributed by atoms with Crippen molar-refractivity contribution in [3.05, 3.63) is 65.5 Å². The molecule has 0 spiro atoms. The molecule has 2 heterocycles. The van der Waals surface area contributed by atoms with E-state index in [1.165, 1.54) is 18.9 Å². The first-order valence-corrected chi connectivity index (χ1v) is 12.4. The molecular weight excluding hydrogens is 429 g/mol. The summed E-state index contributed by atoms with van der Waals surface area (Å²) in [6, 6.07) is 16.8. The quantitative estimate of drug-likeness (QED) is 0.723. The Balaban J connectivity index is 1.38. The number of rotatable bonds is 5. The van der Waals surface area contributed by atoms with Crippen LogP contribution in [0.5, 0.6) is 0 Å². The third-order valence-electron chi connectivity index (χ3n) is 8.14. The van der Waals surface area contributed by atoms with Crippen molar-refractivity contribution >= 4 is 11.6 Å². The standard InChI is InChI=1S/C28H32FN3O2/c29-25-9-3-2-8-23(25)28(34)17-20(11-12-30)15-22-18-32(19-24(22)28)27(33)16-21-7-1-4-10-26(21)31-13-5-6-14-31/h1-4,7-10,20,22,24,34H,5-6,11,13-19H2. The third-order valence-corrected chi connectivity index (χ3v) is 8.14. The van der Waals surface area contributed by atoms with Crippen LogP contribution in [0.4, 0.5) is 10.1 Å². The van der Waals surface area contributed by atoms with Crippen molar-refractivity contribution in [2.45, 2.75) is 44.1 Å². The number of para-hydroxylation sites is 1. The van der Waals surface area contributed by atoms with E-state index in [1.807, 2.05) is 23.1 Å². The largest absolute Gasteiger partial charge is 0.385 e. The zero-order valence-electron chi connectivity index (χ0n) is 19.5. The molecule has 4 atom stereocenters. The smallest absolute Gasteiger partial charge is 0.227 e. The van der Waals surface area contributed by atoms with Crippen LogP contribution in [-0.4, -0.2) is 42.1 Å². The van der Waals surface area contributed by atoms with Gasteiger partial charge in [0.1, 0.15) is 5.82 Å². The number of fused-ring (bicyclic) bond motifs is 1. The molecule has 6 heteroatoms. The van der Waals surface area contributed by atoms with Crippen LogP contribution in [0.25, 0.3) is 0 Å². The Morgan fingerprint density at radius 1 is 1.12 bits per heavy atom. The molecular formula is C28H32FN3O2. The molecule has 34 heavy (non-hydrogen) atoms. The Morgan fingerprint density at radius 2 is 1.85 bits per heavy atom. The minimum absolute atomic E-state index is 0.0122. The van der Waals surface area contributed by atoms with Gasteiger partial charge in [-0.1, -0.05) is 36.4 Å². The molecule has 4 unspecified atom stereocenters. The molecule has 0 radical (unpaired) electrons. The number of carbonyl (C=O) groups excluding carboxylic acids is 1. The fourth-order valence-corrected chi connectivity index (χ4v) is 6.57. The van der Waals surface area contributed by atoms with E-state index in [0.717, 1.165) is 30.8 Å². The van der Waals surface area contributed by atoms with Gasteiger partial charge < -0.3 is 14.9 Å². The van der Waals surface area contributed by atoms with Gasteiger partial charge in [0.15, 0.2) is 0 Å². The molecule has 2 aromatic rings. The molecule has 5 nitrogen and oxygen atoms in total. The van der Waals surface area contributed by atoms with Crippen LogP contribution in [0, 0.1) is 34.9 Å². The average molecular weight is 462 g/mol. The number of benzene rings is 2. The first-order valence-electron chi connectivity index (χ1n) is 12.4. The predicted molar refractivity (Wildman–Crippen MR) is 128 cm³/mol. The number of amides is 1. The normalized spacial score (nSPS) is 28.6. The van der Waals surface area contributed by atoms with E-state index >= 15 is 0 Å². The van der Waals surface area contributed by atoms with Gasteiger partial charge in [0.05, 0.1) is 18.1 Å². The zero-order chi connectivity index (χ0) is 23.7. The first-order chi connectivity index (χ1) is 16.5. The van der Waals surface area contributed by atoms with Crippen molar-refractivity contribution in [1.29, 1.82) is 5.26 Å². The summed E-state index contributed by atoms with van der Waals surface area (Å²) in [5.41, 5.74) is 1.09. The van der Waals surface area contributed by atoms with Crippen molar-refractivity contribution in [3.8, 4) is 6.07 Å². The van der Waals surface area contributed by atoms with Crippen LogP contribution < -0.4 is 4.90 Å². The van der Waals surface area contributed by atoms with Gasteiger partial charge in [-0.3, -0.25) is 4.79 Å². The van der Waals surface area contributed by atoms with Gasteiger partial charge in [0.25, 0.3) is 0 Å². The summed E-state index contributed by atoms with van der Waals surface area (Å²) in [6.07, 6.45) is 4.14. The second-order valence-corrected chi connectivity index (χ2v) is 10.2. The maximum atomic E-state index is 14.8. The van der Waals surface area contributed by atoms with Gasteiger partial charge in [-0.25, -0.2) is 4.39 Å². The van der Waals surface area contributed by atoms with E-state index < -0.39 is 11.4 Å². The van der Waals surface area contributed by atoms with Crippen LogP contribution in [0.1, 0.15) is 43.2 Å². The second kappa shape index (κ2) is 9.38. The number of hydrogen-bond acceptors (Lipinski definition) is 4. The fourth-order valence-electron chi connectivity index (χ4n) is 6.57. The minimum Gasteiger partial charge on any atom is -0.385 e. The molecule has 1 aliphatic carbocycles. The number of aliphatic hydroxyl groups is 1. The summed E-state index contributed by atoms with van der Waals surface area (Å²) in [5.74, 6) is -0.576. The topological polar surface area (TPSA) is 67.6 Å². The highest BCUT2D eigenvalue weighted by Crippen LogP contribution is 2.51. The van der Waals surface area contributed by atoms with E-state index in [1.54, 1.807) is 18.2 Å². The van der Waals surface area contributed by atoms with Crippen LogP contribution in [0.15, 0.2) is 48.5 Å². The summed E-state index contributed by atoms with van der Waals surface area (Å²) >= 11 is 0. The maximum Gasteiger partial charge on any atom is 0.227 e. The molecule has 0 aromatic heterocycles. The molecule has 2 aromatic carbocycles. The Labute approximate surface area is 200 Å². The zero-order valence-corrected chi connectivity index (χ0v) is 19.5. The van der Waals surface area contributed by atoms with Crippen LogP contribution in [-0.2, 0) is 16.8 Å². The highest BCUT2D eigenvalue weighted by molar-refractivity contribution is 5.81. The molecule has 1 saturated carbocycles. The summed E-state index contributed by atoms with van der Waals surface area (Å²) in [6.45, 7) is 3.01. The van der Waals surface area contributed by atoms with E-state index in [9.17, 15) is 19.6 Å². The molecule has 178 valence electrons. The fraction of sp³-hybridized carbons (Fsp3) is 0.500. The van der Waals surface area contributed by atoms with Gasteiger partial charge in [-0.05, 0) is 55.2 Å². The molecule has 2 saturated heterocycles. The monoisotopic (exact) mass is 461 g/mol. The number of halogens is 1. The summed E-state index contributed by atoms with van der Waals surface area (Å²) in [7, 11) is 0. The average Bonchev–Trinajstić information content (AvgIpc) is 3.51. The van der Waals surface area contributed by atoms with Gasteiger partial charge in [-0.2, -0.15) is 5.26 Å². The van der Waals surface area contributed by atoms with Crippen molar-refractivity contribution in [3.63, 3.8) is 0 Å². The lowest BCUT2D eigenvalue weighted by molar-refractivity contribution is -0.130. The van der Waals surface area contributed by atoms with Crippen LogP contribution in [0.2, 0.25) is 0 Å². The summed E-state index contributed by atoms with van der Waals surface area (Å²) in [5, 5.41) is 21.2. The Bertz CT molecular complexity index is 1090. The molecule has 3 fully saturated rings. The van der Waals surface area contributed by atoms with Crippen molar-refractivity contribution in [1.82, 2.24) is 4.90 Å². The van der Waals surface area contributed by atoms with E-state index in [4.69, 9.17) is 0 Å². The van der Waals surface area contributed by atoms with Crippen LogP contribution in [0.3, 0.4) is 0 Å². The highest BCUT2D eigenvalue weighted by Gasteiger charge is 2.53. The van der Waals surface area contributed by atoms with Crippen molar-refractivity contribution in [2.75, 3.05) is 31.1 Å². The van der Waals surface area contributed by atoms with Gasteiger partial charge in [-0.15, -0.1) is 0 Å². The van der Waals surface area contributed by atoms with E-state index in [2.05, 4.69) is 17.0 Å². The number of likely N-dealkylation sites (tertiary alicyclic amines) is 1. The minimum atomic E-state index is -1.38. The SMILES string of the molecule is N#CCC1CC2CN(C(=O)Cc3ccccc3N3CCCC3)CC2C(O)(c2ccccc2F)C1. The molecule has 5 rings (SSSR count). The number of anilines is 1. The lowest BCUT2D eigenvalue weighted by Crippen LogP contribution is -2.46. The lowest BCUT2D eigenvalue weighted by atomic mass is 9.63. The number of nitrogens with zero attached hydrogens (tertiary/aromatic N) is 3.